The molecule has 0 saturated heterocycles. The third-order valence-corrected chi connectivity index (χ3v) is 2.63. The number of hydrogen-bond donors (Lipinski definition) is 2. The van der Waals surface area contributed by atoms with Crippen molar-refractivity contribution >= 4 is 0 Å². The molecule has 17 heavy (non-hydrogen) atoms. The quantitative estimate of drug-likeness (QED) is 0.792. The van der Waals surface area contributed by atoms with Crippen molar-refractivity contribution in [2.75, 3.05) is 7.11 Å². The van der Waals surface area contributed by atoms with E-state index in [0.717, 1.165) is 22.4 Å². The molecule has 0 aromatic heterocycles. The van der Waals surface area contributed by atoms with Gasteiger partial charge in [0.15, 0.2) is 0 Å². The second-order valence-corrected chi connectivity index (χ2v) is 3.74. The average molecular weight is 229 g/mol. The Morgan fingerprint density at radius 2 is 1.88 bits per heavy atom. The maximum atomic E-state index is 8.73. The van der Waals surface area contributed by atoms with Gasteiger partial charge >= 0.3 is 0 Å². The first kappa shape index (κ1) is 11.6. The lowest BCUT2D eigenvalue weighted by Gasteiger charge is -2.10. The summed E-state index contributed by atoms with van der Waals surface area (Å²) < 4.78 is 5.35. The van der Waals surface area contributed by atoms with Gasteiger partial charge in [-0.25, -0.2) is 5.48 Å². The lowest BCUT2D eigenvalue weighted by molar-refractivity contribution is 0.161. The van der Waals surface area contributed by atoms with Crippen LogP contribution >= 0.6 is 0 Å². The first-order valence-corrected chi connectivity index (χ1v) is 5.44. The van der Waals surface area contributed by atoms with Gasteiger partial charge in [0.05, 0.1) is 7.11 Å². The van der Waals surface area contributed by atoms with E-state index < -0.39 is 0 Å². The number of hydrogen-bond acceptors (Lipinski definition) is 3. The van der Waals surface area contributed by atoms with E-state index in [9.17, 15) is 0 Å². The Hall–Kier alpha value is -1.84. The van der Waals surface area contributed by atoms with E-state index in [4.69, 9.17) is 9.94 Å². The lowest BCUT2D eigenvalue weighted by Crippen LogP contribution is -2.06. The van der Waals surface area contributed by atoms with Gasteiger partial charge < -0.3 is 9.94 Å². The van der Waals surface area contributed by atoms with Gasteiger partial charge in [-0.2, -0.15) is 0 Å². The van der Waals surface area contributed by atoms with Crippen LogP contribution < -0.4 is 10.2 Å². The van der Waals surface area contributed by atoms with Crippen LogP contribution in [0.1, 0.15) is 5.56 Å². The van der Waals surface area contributed by atoms with Crippen molar-refractivity contribution in [2.45, 2.75) is 6.54 Å². The van der Waals surface area contributed by atoms with Crippen LogP contribution in [-0.2, 0) is 6.54 Å². The zero-order valence-electron chi connectivity index (χ0n) is 9.68. The second kappa shape index (κ2) is 5.48. The Morgan fingerprint density at radius 1 is 1.12 bits per heavy atom. The van der Waals surface area contributed by atoms with Crippen LogP contribution in [0.25, 0.3) is 11.1 Å². The Morgan fingerprint density at radius 3 is 2.53 bits per heavy atom. The minimum Gasteiger partial charge on any atom is -0.496 e. The highest BCUT2D eigenvalue weighted by Gasteiger charge is 2.06. The molecule has 0 atom stereocenters. The van der Waals surface area contributed by atoms with Gasteiger partial charge in [-0.3, -0.25) is 0 Å². The fourth-order valence-corrected chi connectivity index (χ4v) is 1.80. The van der Waals surface area contributed by atoms with Crippen molar-refractivity contribution in [1.29, 1.82) is 0 Å². The number of hydroxylamine groups is 1. The first-order chi connectivity index (χ1) is 8.35. The van der Waals surface area contributed by atoms with Crippen LogP contribution in [0.15, 0.2) is 48.5 Å². The van der Waals surface area contributed by atoms with Crippen LogP contribution in [0, 0.1) is 0 Å². The molecular weight excluding hydrogens is 214 g/mol. The van der Waals surface area contributed by atoms with Crippen LogP contribution in [-0.4, -0.2) is 12.3 Å². The van der Waals surface area contributed by atoms with Gasteiger partial charge in [-0.15, -0.1) is 0 Å². The number of nitrogens with one attached hydrogen (secondary N) is 1. The van der Waals surface area contributed by atoms with E-state index in [1.54, 1.807) is 7.11 Å². The molecule has 0 aliphatic heterocycles. The highest BCUT2D eigenvalue weighted by molar-refractivity contribution is 5.71. The maximum absolute atomic E-state index is 8.73. The summed E-state index contributed by atoms with van der Waals surface area (Å²) in [6.45, 7) is 0.420. The maximum Gasteiger partial charge on any atom is 0.126 e. The molecule has 0 heterocycles. The number of rotatable bonds is 4. The minimum atomic E-state index is 0.420. The summed E-state index contributed by atoms with van der Waals surface area (Å²) in [5.41, 5.74) is 5.30. The molecule has 0 saturated carbocycles. The van der Waals surface area contributed by atoms with E-state index in [-0.39, 0.29) is 0 Å². The van der Waals surface area contributed by atoms with Crippen LogP contribution in [0.5, 0.6) is 5.75 Å². The van der Waals surface area contributed by atoms with E-state index >= 15 is 0 Å². The van der Waals surface area contributed by atoms with Gasteiger partial charge in [0.2, 0.25) is 0 Å². The predicted octanol–water partition coefficient (Wildman–Crippen LogP) is 2.84. The summed E-state index contributed by atoms with van der Waals surface area (Å²) in [6, 6.07) is 15.9. The van der Waals surface area contributed by atoms with Crippen LogP contribution in [0.2, 0.25) is 0 Å². The first-order valence-electron chi connectivity index (χ1n) is 5.44. The van der Waals surface area contributed by atoms with Gasteiger partial charge in [0.25, 0.3) is 0 Å². The predicted molar refractivity (Wildman–Crippen MR) is 67.1 cm³/mol. The molecule has 88 valence electrons. The topological polar surface area (TPSA) is 41.5 Å². The largest absolute Gasteiger partial charge is 0.496 e. The molecule has 2 rings (SSSR count). The van der Waals surface area contributed by atoms with Gasteiger partial charge in [-0.1, -0.05) is 36.4 Å². The smallest absolute Gasteiger partial charge is 0.126 e. The third-order valence-electron chi connectivity index (χ3n) is 2.63. The molecule has 0 amide bonds. The molecule has 0 spiro atoms. The Kier molecular flexibility index (Phi) is 3.75. The van der Waals surface area contributed by atoms with Crippen molar-refractivity contribution < 1.29 is 9.94 Å². The monoisotopic (exact) mass is 229 g/mol. The van der Waals surface area contributed by atoms with Gasteiger partial charge in [0, 0.05) is 12.1 Å². The zero-order chi connectivity index (χ0) is 12.1. The number of ether oxygens (including phenoxy) is 1. The minimum absolute atomic E-state index is 0.420. The molecule has 0 radical (unpaired) electrons. The van der Waals surface area contributed by atoms with Crippen molar-refractivity contribution in [1.82, 2.24) is 5.48 Å². The normalized spacial score (nSPS) is 10.2. The highest BCUT2D eigenvalue weighted by Crippen LogP contribution is 2.30. The number of benzene rings is 2. The Labute approximate surface area is 101 Å². The molecular formula is C14H15NO2. The molecule has 0 fully saturated rings. The molecule has 2 aromatic carbocycles. The van der Waals surface area contributed by atoms with E-state index in [1.165, 1.54) is 0 Å². The van der Waals surface area contributed by atoms with E-state index in [2.05, 4.69) is 5.48 Å². The lowest BCUT2D eigenvalue weighted by atomic mass is 10.0. The third kappa shape index (κ3) is 2.64. The van der Waals surface area contributed by atoms with Gasteiger partial charge in [-0.05, 0) is 23.3 Å². The fourth-order valence-electron chi connectivity index (χ4n) is 1.80. The molecule has 2 N–H and O–H groups in total. The van der Waals surface area contributed by atoms with Crippen molar-refractivity contribution in [3.63, 3.8) is 0 Å². The zero-order valence-corrected chi connectivity index (χ0v) is 9.68. The molecule has 3 heteroatoms. The number of methoxy groups -OCH3 is 1. The van der Waals surface area contributed by atoms with Crippen molar-refractivity contribution in [3.8, 4) is 16.9 Å². The van der Waals surface area contributed by atoms with Crippen molar-refractivity contribution in [3.05, 3.63) is 54.1 Å². The highest BCUT2D eigenvalue weighted by atomic mass is 16.5. The summed E-state index contributed by atoms with van der Waals surface area (Å²) in [7, 11) is 1.66. The standard InChI is InChI=1S/C14H15NO2/c1-17-14-8-7-11(10-15-16)9-13(14)12-5-3-2-4-6-12/h2-9,15-16H,10H2,1H3. The molecule has 3 nitrogen and oxygen atoms in total. The Bertz CT molecular complexity index is 483. The molecule has 0 unspecified atom stereocenters. The SMILES string of the molecule is COc1ccc(CNO)cc1-c1ccccc1. The molecule has 0 bridgehead atoms. The van der Waals surface area contributed by atoms with Crippen LogP contribution in [0.3, 0.4) is 0 Å². The summed E-state index contributed by atoms with van der Waals surface area (Å²) in [4.78, 5) is 0. The molecule has 2 aromatic rings. The fraction of sp³-hybridized carbons (Fsp3) is 0.143. The molecule has 0 aliphatic carbocycles. The summed E-state index contributed by atoms with van der Waals surface area (Å²) in [5.74, 6) is 0.831. The second-order valence-electron chi connectivity index (χ2n) is 3.74. The average Bonchev–Trinajstić information content (AvgIpc) is 2.40. The van der Waals surface area contributed by atoms with E-state index in [1.807, 2.05) is 48.5 Å². The van der Waals surface area contributed by atoms with Crippen LogP contribution in [0.4, 0.5) is 0 Å². The van der Waals surface area contributed by atoms with E-state index in [0.29, 0.717) is 6.54 Å². The summed E-state index contributed by atoms with van der Waals surface area (Å²) in [5, 5.41) is 8.73. The summed E-state index contributed by atoms with van der Waals surface area (Å²) >= 11 is 0. The summed E-state index contributed by atoms with van der Waals surface area (Å²) in [6.07, 6.45) is 0. The Balaban J connectivity index is 2.46. The molecule has 0 aliphatic rings. The van der Waals surface area contributed by atoms with Crippen molar-refractivity contribution in [2.24, 2.45) is 0 Å². The van der Waals surface area contributed by atoms with Gasteiger partial charge in [0.1, 0.15) is 5.75 Å².